The van der Waals surface area contributed by atoms with Gasteiger partial charge in [-0.15, -0.1) is 0 Å². The largest absolute Gasteiger partial charge is 0.466 e. The van der Waals surface area contributed by atoms with Gasteiger partial charge >= 0.3 is 11.6 Å². The number of furan rings is 1. The number of rotatable bonds is 4. The van der Waals surface area contributed by atoms with Crippen LogP contribution in [0.25, 0.3) is 21.9 Å². The molecule has 0 aliphatic heterocycles. The SMILES string of the molecule is CC(=O)OCCCc1c2occc2cc2ccc(=O)oc12. The van der Waals surface area contributed by atoms with Crippen molar-refractivity contribution in [1.82, 2.24) is 0 Å². The number of carbonyl (C=O) groups is 1. The van der Waals surface area contributed by atoms with Gasteiger partial charge in [-0.05, 0) is 31.0 Å². The third-order valence-electron chi connectivity index (χ3n) is 3.30. The van der Waals surface area contributed by atoms with Gasteiger partial charge in [0.25, 0.3) is 0 Å². The highest BCUT2D eigenvalue weighted by atomic mass is 16.5. The second-order valence-electron chi connectivity index (χ2n) is 4.81. The first-order chi connectivity index (χ1) is 10.1. The van der Waals surface area contributed by atoms with Crippen LogP contribution in [-0.4, -0.2) is 12.6 Å². The van der Waals surface area contributed by atoms with Gasteiger partial charge in [-0.2, -0.15) is 0 Å². The Morgan fingerprint density at radius 2 is 2.00 bits per heavy atom. The Hall–Kier alpha value is -2.56. The zero-order valence-electron chi connectivity index (χ0n) is 11.5. The number of hydrogen-bond acceptors (Lipinski definition) is 5. The third kappa shape index (κ3) is 2.67. The molecule has 5 nitrogen and oxygen atoms in total. The molecule has 2 heterocycles. The predicted molar refractivity (Wildman–Crippen MR) is 77.2 cm³/mol. The van der Waals surface area contributed by atoms with Crippen LogP contribution in [0.1, 0.15) is 18.9 Å². The average molecular weight is 286 g/mol. The van der Waals surface area contributed by atoms with Crippen molar-refractivity contribution < 1.29 is 18.4 Å². The molecule has 5 heteroatoms. The minimum absolute atomic E-state index is 0.303. The maximum absolute atomic E-state index is 11.5. The minimum atomic E-state index is -0.394. The number of fused-ring (bicyclic) bond motifs is 2. The number of aryl methyl sites for hydroxylation is 1. The van der Waals surface area contributed by atoms with Gasteiger partial charge < -0.3 is 13.6 Å². The van der Waals surface area contributed by atoms with Crippen molar-refractivity contribution >= 4 is 27.9 Å². The molecule has 0 aliphatic carbocycles. The molecular formula is C16H14O5. The third-order valence-corrected chi connectivity index (χ3v) is 3.30. The summed E-state index contributed by atoms with van der Waals surface area (Å²) in [5, 5.41) is 1.81. The lowest BCUT2D eigenvalue weighted by Crippen LogP contribution is -2.03. The van der Waals surface area contributed by atoms with Crippen molar-refractivity contribution in [3.63, 3.8) is 0 Å². The summed E-state index contributed by atoms with van der Waals surface area (Å²) in [5.74, 6) is -0.303. The zero-order chi connectivity index (χ0) is 14.8. The first kappa shape index (κ1) is 13.4. The summed E-state index contributed by atoms with van der Waals surface area (Å²) in [7, 11) is 0. The van der Waals surface area contributed by atoms with E-state index < -0.39 is 5.63 Å². The lowest BCUT2D eigenvalue weighted by molar-refractivity contribution is -0.141. The van der Waals surface area contributed by atoms with E-state index in [1.165, 1.54) is 13.0 Å². The van der Waals surface area contributed by atoms with E-state index in [2.05, 4.69) is 0 Å². The fraction of sp³-hybridized carbons (Fsp3) is 0.250. The monoisotopic (exact) mass is 286 g/mol. The van der Waals surface area contributed by atoms with Crippen LogP contribution in [0.4, 0.5) is 0 Å². The fourth-order valence-corrected chi connectivity index (χ4v) is 2.42. The second kappa shape index (κ2) is 5.44. The van der Waals surface area contributed by atoms with Crippen LogP contribution in [0.5, 0.6) is 0 Å². The maximum Gasteiger partial charge on any atom is 0.336 e. The van der Waals surface area contributed by atoms with Crippen LogP contribution >= 0.6 is 0 Å². The Kier molecular flexibility index (Phi) is 3.48. The van der Waals surface area contributed by atoms with Gasteiger partial charge in [0.05, 0.1) is 12.9 Å². The Balaban J connectivity index is 2.03. The van der Waals surface area contributed by atoms with Gasteiger partial charge in [0.15, 0.2) is 0 Å². The summed E-state index contributed by atoms with van der Waals surface area (Å²) in [5.41, 5.74) is 1.68. The molecule has 0 spiro atoms. The summed E-state index contributed by atoms with van der Waals surface area (Å²) < 4.78 is 15.8. The fourth-order valence-electron chi connectivity index (χ4n) is 2.42. The van der Waals surface area contributed by atoms with E-state index in [9.17, 15) is 9.59 Å². The van der Waals surface area contributed by atoms with Gasteiger partial charge in [0.2, 0.25) is 0 Å². The van der Waals surface area contributed by atoms with Gasteiger partial charge in [-0.3, -0.25) is 4.79 Å². The van der Waals surface area contributed by atoms with Crippen LogP contribution in [0, 0.1) is 0 Å². The van der Waals surface area contributed by atoms with Crippen molar-refractivity contribution in [2.45, 2.75) is 19.8 Å². The summed E-state index contributed by atoms with van der Waals surface area (Å²) >= 11 is 0. The van der Waals surface area contributed by atoms with Crippen LogP contribution in [0.2, 0.25) is 0 Å². The van der Waals surface area contributed by atoms with Crippen LogP contribution in [-0.2, 0) is 16.0 Å². The molecule has 0 atom stereocenters. The summed E-state index contributed by atoms with van der Waals surface area (Å²) in [4.78, 5) is 22.2. The van der Waals surface area contributed by atoms with E-state index in [0.717, 1.165) is 16.3 Å². The molecule has 3 aromatic rings. The first-order valence-corrected chi connectivity index (χ1v) is 6.71. The molecule has 108 valence electrons. The molecule has 0 saturated carbocycles. The number of benzene rings is 1. The number of hydrogen-bond donors (Lipinski definition) is 0. The molecule has 3 rings (SSSR count). The number of carbonyl (C=O) groups excluding carboxylic acids is 1. The molecule has 0 amide bonds. The lowest BCUT2D eigenvalue weighted by Gasteiger charge is -2.06. The van der Waals surface area contributed by atoms with Crippen molar-refractivity contribution in [1.29, 1.82) is 0 Å². The van der Waals surface area contributed by atoms with Gasteiger partial charge in [0, 0.05) is 29.3 Å². The van der Waals surface area contributed by atoms with E-state index in [4.69, 9.17) is 13.6 Å². The molecule has 0 bridgehead atoms. The smallest absolute Gasteiger partial charge is 0.336 e. The predicted octanol–water partition coefficient (Wildman–Crippen LogP) is 3.03. The molecule has 0 unspecified atom stereocenters. The molecule has 0 saturated heterocycles. The standard InChI is InChI=1S/C16H14O5/c1-10(17)19-7-2-3-13-15-12(6-8-20-15)9-11-4-5-14(18)21-16(11)13/h4-6,8-9H,2-3,7H2,1H3. The van der Waals surface area contributed by atoms with E-state index >= 15 is 0 Å². The number of ether oxygens (including phenoxy) is 1. The van der Waals surface area contributed by atoms with Gasteiger partial charge in [0.1, 0.15) is 11.2 Å². The van der Waals surface area contributed by atoms with Crippen molar-refractivity contribution in [2.75, 3.05) is 6.61 Å². The molecule has 0 N–H and O–H groups in total. The molecule has 0 aliphatic rings. The highest BCUT2D eigenvalue weighted by Crippen LogP contribution is 2.29. The van der Waals surface area contributed by atoms with Crippen molar-refractivity contribution in [3.8, 4) is 0 Å². The Morgan fingerprint density at radius 1 is 1.19 bits per heavy atom. The van der Waals surface area contributed by atoms with Crippen molar-refractivity contribution in [2.24, 2.45) is 0 Å². The normalized spacial score (nSPS) is 11.1. The van der Waals surface area contributed by atoms with E-state index in [-0.39, 0.29) is 5.97 Å². The van der Waals surface area contributed by atoms with Crippen LogP contribution in [0.15, 0.2) is 44.2 Å². The molecule has 2 aromatic heterocycles. The zero-order valence-corrected chi connectivity index (χ0v) is 11.5. The van der Waals surface area contributed by atoms with Gasteiger partial charge in [-0.25, -0.2) is 4.79 Å². The van der Waals surface area contributed by atoms with E-state index in [0.29, 0.717) is 30.6 Å². The second-order valence-corrected chi connectivity index (χ2v) is 4.81. The highest BCUT2D eigenvalue weighted by molar-refractivity contribution is 5.96. The summed E-state index contributed by atoms with van der Waals surface area (Å²) in [6.07, 6.45) is 2.84. The average Bonchev–Trinajstić information content (AvgIpc) is 2.90. The molecule has 1 aromatic carbocycles. The Labute approximate surface area is 120 Å². The highest BCUT2D eigenvalue weighted by Gasteiger charge is 2.13. The topological polar surface area (TPSA) is 69.7 Å². The Morgan fingerprint density at radius 3 is 2.81 bits per heavy atom. The summed E-state index contributed by atoms with van der Waals surface area (Å²) in [6, 6.07) is 6.93. The molecule has 0 radical (unpaired) electrons. The van der Waals surface area contributed by atoms with Gasteiger partial charge in [-0.1, -0.05) is 0 Å². The van der Waals surface area contributed by atoms with Crippen molar-refractivity contribution in [3.05, 3.63) is 46.5 Å². The summed E-state index contributed by atoms with van der Waals surface area (Å²) in [6.45, 7) is 1.70. The quantitative estimate of drug-likeness (QED) is 0.419. The minimum Gasteiger partial charge on any atom is -0.466 e. The molecular weight excluding hydrogens is 272 g/mol. The maximum atomic E-state index is 11.5. The van der Waals surface area contributed by atoms with E-state index in [1.807, 2.05) is 12.1 Å². The van der Waals surface area contributed by atoms with E-state index in [1.54, 1.807) is 12.3 Å². The van der Waals surface area contributed by atoms with Crippen LogP contribution in [0.3, 0.4) is 0 Å². The Bertz CT molecular complexity index is 856. The molecule has 0 fully saturated rings. The number of esters is 1. The van der Waals surface area contributed by atoms with Crippen LogP contribution < -0.4 is 5.63 Å². The lowest BCUT2D eigenvalue weighted by atomic mass is 10.0. The first-order valence-electron chi connectivity index (χ1n) is 6.71. The molecule has 21 heavy (non-hydrogen) atoms.